The van der Waals surface area contributed by atoms with E-state index in [0.717, 1.165) is 4.31 Å². The number of rotatable bonds is 5. The molecule has 0 aliphatic rings. The van der Waals surface area contributed by atoms with E-state index < -0.39 is 22.5 Å². The maximum atomic E-state index is 12.9. The Labute approximate surface area is 150 Å². The van der Waals surface area contributed by atoms with Crippen LogP contribution in [0.25, 0.3) is 0 Å². The van der Waals surface area contributed by atoms with Gasteiger partial charge in [0, 0.05) is 10.0 Å². The van der Waals surface area contributed by atoms with Gasteiger partial charge in [0.2, 0.25) is 0 Å². The molecule has 0 saturated carbocycles. The Bertz CT molecular complexity index is 855. The number of amides is 1. The number of benzene rings is 2. The molecule has 9 heteroatoms. The van der Waals surface area contributed by atoms with Crippen LogP contribution in [-0.4, -0.2) is 20.9 Å². The second kappa shape index (κ2) is 7.40. The van der Waals surface area contributed by atoms with Crippen molar-refractivity contribution in [2.45, 2.75) is 11.8 Å². The molecule has 0 spiro atoms. The van der Waals surface area contributed by atoms with Gasteiger partial charge in [0.1, 0.15) is 6.54 Å². The minimum absolute atomic E-state index is 0.00400. The first-order chi connectivity index (χ1) is 11.3. The van der Waals surface area contributed by atoms with Gasteiger partial charge in [-0.3, -0.25) is 14.5 Å². The molecule has 128 valence electrons. The van der Waals surface area contributed by atoms with Crippen molar-refractivity contribution < 1.29 is 13.2 Å². The number of anilines is 1. The minimum atomic E-state index is -3.99. The lowest BCUT2D eigenvalue weighted by atomic mass is 10.2. The van der Waals surface area contributed by atoms with Crippen LogP contribution in [-0.2, 0) is 14.8 Å². The SMILES string of the molecule is Cc1cc(N(CC(=O)NN)S(=O)(=O)c2ccc(Cl)cc2)ccc1Cl. The van der Waals surface area contributed by atoms with Gasteiger partial charge in [0.15, 0.2) is 0 Å². The van der Waals surface area contributed by atoms with Crippen molar-refractivity contribution in [2.75, 3.05) is 10.8 Å². The van der Waals surface area contributed by atoms with E-state index in [0.29, 0.717) is 21.3 Å². The summed E-state index contributed by atoms with van der Waals surface area (Å²) in [6.45, 7) is 1.27. The van der Waals surface area contributed by atoms with Crippen LogP contribution >= 0.6 is 23.2 Å². The molecule has 6 nitrogen and oxygen atoms in total. The Morgan fingerprint density at radius 3 is 2.33 bits per heavy atom. The summed E-state index contributed by atoms with van der Waals surface area (Å²) in [6, 6.07) is 10.3. The quantitative estimate of drug-likeness (QED) is 0.468. The number of halogens is 2. The van der Waals surface area contributed by atoms with Crippen molar-refractivity contribution in [1.82, 2.24) is 5.43 Å². The number of hydrogen-bond acceptors (Lipinski definition) is 4. The Hall–Kier alpha value is -1.80. The van der Waals surface area contributed by atoms with E-state index in [1.54, 1.807) is 19.1 Å². The van der Waals surface area contributed by atoms with Crippen molar-refractivity contribution in [3.63, 3.8) is 0 Å². The van der Waals surface area contributed by atoms with Crippen LogP contribution in [0.15, 0.2) is 47.4 Å². The van der Waals surface area contributed by atoms with E-state index in [2.05, 4.69) is 0 Å². The zero-order chi connectivity index (χ0) is 17.9. The molecule has 2 aromatic carbocycles. The largest absolute Gasteiger partial charge is 0.293 e. The van der Waals surface area contributed by atoms with Crippen LogP contribution in [0.2, 0.25) is 10.0 Å². The first-order valence-corrected chi connectivity index (χ1v) is 8.99. The molecule has 0 radical (unpaired) electrons. The maximum Gasteiger partial charge on any atom is 0.264 e. The van der Waals surface area contributed by atoms with E-state index in [1.165, 1.54) is 30.3 Å². The first-order valence-electron chi connectivity index (χ1n) is 6.79. The lowest BCUT2D eigenvalue weighted by molar-refractivity contribution is -0.119. The average molecular weight is 388 g/mol. The normalized spacial score (nSPS) is 11.2. The Morgan fingerprint density at radius 1 is 1.17 bits per heavy atom. The van der Waals surface area contributed by atoms with Gasteiger partial charge in [-0.15, -0.1) is 0 Å². The molecular weight excluding hydrogens is 373 g/mol. The van der Waals surface area contributed by atoms with Gasteiger partial charge >= 0.3 is 0 Å². The molecule has 0 heterocycles. The number of nitrogens with two attached hydrogens (primary N) is 1. The van der Waals surface area contributed by atoms with Gasteiger partial charge in [-0.1, -0.05) is 23.2 Å². The highest BCUT2D eigenvalue weighted by Gasteiger charge is 2.27. The van der Waals surface area contributed by atoms with Gasteiger partial charge in [0.05, 0.1) is 10.6 Å². The molecule has 0 aliphatic carbocycles. The Morgan fingerprint density at radius 2 is 1.79 bits per heavy atom. The molecule has 1 amide bonds. The van der Waals surface area contributed by atoms with E-state index in [1.807, 2.05) is 5.43 Å². The number of carbonyl (C=O) groups is 1. The highest BCUT2D eigenvalue weighted by Crippen LogP contribution is 2.27. The third-order valence-corrected chi connectivity index (χ3v) is 5.74. The van der Waals surface area contributed by atoms with E-state index >= 15 is 0 Å². The van der Waals surface area contributed by atoms with Crippen LogP contribution in [0.4, 0.5) is 5.69 Å². The summed E-state index contributed by atoms with van der Waals surface area (Å²) in [5, 5.41) is 0.897. The average Bonchev–Trinajstić information content (AvgIpc) is 2.55. The Kier molecular flexibility index (Phi) is 5.71. The van der Waals surface area contributed by atoms with Crippen molar-refractivity contribution in [3.05, 3.63) is 58.1 Å². The predicted octanol–water partition coefficient (Wildman–Crippen LogP) is 2.49. The van der Waals surface area contributed by atoms with Crippen molar-refractivity contribution >= 4 is 44.8 Å². The fourth-order valence-electron chi connectivity index (χ4n) is 2.01. The second-order valence-corrected chi connectivity index (χ2v) is 7.67. The summed E-state index contributed by atoms with van der Waals surface area (Å²) >= 11 is 11.8. The zero-order valence-electron chi connectivity index (χ0n) is 12.7. The maximum absolute atomic E-state index is 12.9. The van der Waals surface area contributed by atoms with Gasteiger partial charge in [-0.2, -0.15) is 0 Å². The van der Waals surface area contributed by atoms with Gasteiger partial charge < -0.3 is 0 Å². The minimum Gasteiger partial charge on any atom is -0.293 e. The van der Waals surface area contributed by atoms with Crippen LogP contribution < -0.4 is 15.6 Å². The summed E-state index contributed by atoms with van der Waals surface area (Å²) in [7, 11) is -3.99. The van der Waals surface area contributed by atoms with Gasteiger partial charge in [-0.05, 0) is 55.0 Å². The van der Waals surface area contributed by atoms with Crippen LogP contribution in [0.3, 0.4) is 0 Å². The summed E-state index contributed by atoms with van der Waals surface area (Å²) in [4.78, 5) is 11.7. The van der Waals surface area contributed by atoms with Crippen LogP contribution in [0, 0.1) is 6.92 Å². The monoisotopic (exact) mass is 387 g/mol. The molecule has 0 saturated heterocycles. The molecule has 0 fully saturated rings. The fourth-order valence-corrected chi connectivity index (χ4v) is 3.67. The molecule has 0 atom stereocenters. The fraction of sp³-hybridized carbons (Fsp3) is 0.133. The first kappa shape index (κ1) is 18.5. The van der Waals surface area contributed by atoms with Gasteiger partial charge in [0.25, 0.3) is 15.9 Å². The molecule has 24 heavy (non-hydrogen) atoms. The lowest BCUT2D eigenvalue weighted by Gasteiger charge is -2.24. The predicted molar refractivity (Wildman–Crippen MR) is 94.5 cm³/mol. The molecule has 3 N–H and O–H groups in total. The van der Waals surface area contributed by atoms with Crippen molar-refractivity contribution in [3.8, 4) is 0 Å². The number of hydrogen-bond donors (Lipinski definition) is 2. The zero-order valence-corrected chi connectivity index (χ0v) is 15.0. The van der Waals surface area contributed by atoms with E-state index in [9.17, 15) is 13.2 Å². The summed E-state index contributed by atoms with van der Waals surface area (Å²) < 4.78 is 26.8. The lowest BCUT2D eigenvalue weighted by Crippen LogP contribution is -2.43. The molecule has 2 rings (SSSR count). The standard InChI is InChI=1S/C15H15Cl2N3O3S/c1-10-8-12(4-7-14(10)17)20(9-15(21)19-18)24(22,23)13-5-2-11(16)3-6-13/h2-8H,9,18H2,1H3,(H,19,21). The molecule has 0 unspecified atom stereocenters. The Balaban J connectivity index is 2.54. The molecule has 0 aromatic heterocycles. The van der Waals surface area contributed by atoms with Crippen molar-refractivity contribution in [1.29, 1.82) is 0 Å². The number of nitrogens with one attached hydrogen (secondary N) is 1. The molecular formula is C15H15Cl2N3O3S. The van der Waals surface area contributed by atoms with Crippen LogP contribution in [0.1, 0.15) is 5.56 Å². The summed E-state index contributed by atoms with van der Waals surface area (Å²) in [6.07, 6.45) is 0. The smallest absolute Gasteiger partial charge is 0.264 e. The molecule has 0 bridgehead atoms. The highest BCUT2D eigenvalue weighted by molar-refractivity contribution is 7.92. The van der Waals surface area contributed by atoms with Crippen LogP contribution in [0.5, 0.6) is 0 Å². The van der Waals surface area contributed by atoms with E-state index in [-0.39, 0.29) is 4.90 Å². The summed E-state index contributed by atoms with van der Waals surface area (Å²) in [5.41, 5.74) is 2.91. The third-order valence-electron chi connectivity index (χ3n) is 3.28. The number of sulfonamides is 1. The molecule has 0 aliphatic heterocycles. The molecule has 2 aromatic rings. The van der Waals surface area contributed by atoms with E-state index in [4.69, 9.17) is 29.0 Å². The number of nitrogens with zero attached hydrogens (tertiary/aromatic N) is 1. The van der Waals surface area contributed by atoms with Gasteiger partial charge in [-0.25, -0.2) is 14.3 Å². The third kappa shape index (κ3) is 3.99. The summed E-state index contributed by atoms with van der Waals surface area (Å²) in [5.74, 6) is 4.44. The number of aryl methyl sites for hydroxylation is 1. The number of carbonyl (C=O) groups excluding carboxylic acids is 1. The van der Waals surface area contributed by atoms with Crippen molar-refractivity contribution in [2.24, 2.45) is 5.84 Å². The number of hydrazine groups is 1. The topological polar surface area (TPSA) is 92.5 Å². The highest BCUT2D eigenvalue weighted by atomic mass is 35.5. The second-order valence-electron chi connectivity index (χ2n) is 4.97.